The summed E-state index contributed by atoms with van der Waals surface area (Å²) >= 11 is 9.59. The third-order valence-corrected chi connectivity index (χ3v) is 6.70. The minimum atomic E-state index is 0.416. The molecule has 0 saturated carbocycles. The van der Waals surface area contributed by atoms with Gasteiger partial charge in [-0.1, -0.05) is 35.9 Å². The number of hydrogen-bond acceptors (Lipinski definition) is 4. The lowest BCUT2D eigenvalue weighted by Crippen LogP contribution is -2.09. The largest absolute Gasteiger partial charge is 0.383 e. The summed E-state index contributed by atoms with van der Waals surface area (Å²) in [5.41, 5.74) is 10.2. The van der Waals surface area contributed by atoms with E-state index in [4.69, 9.17) is 17.3 Å². The van der Waals surface area contributed by atoms with Crippen molar-refractivity contribution in [3.8, 4) is 0 Å². The van der Waals surface area contributed by atoms with Crippen molar-refractivity contribution in [2.45, 2.75) is 32.7 Å². The van der Waals surface area contributed by atoms with Gasteiger partial charge in [-0.15, -0.1) is 0 Å². The Bertz CT molecular complexity index is 1230. The average molecular weight is 485 g/mol. The summed E-state index contributed by atoms with van der Waals surface area (Å²) < 4.78 is 2.96. The van der Waals surface area contributed by atoms with Gasteiger partial charge in [-0.05, 0) is 71.8 Å². The quantitative estimate of drug-likeness (QED) is 0.251. The van der Waals surface area contributed by atoms with Crippen LogP contribution in [0, 0.1) is 5.92 Å². The van der Waals surface area contributed by atoms with E-state index in [2.05, 4.69) is 67.2 Å². The van der Waals surface area contributed by atoms with Crippen LogP contribution in [0.15, 0.2) is 59.5 Å². The highest BCUT2D eigenvalue weighted by Crippen LogP contribution is 2.27. The van der Waals surface area contributed by atoms with E-state index < -0.39 is 0 Å². The molecule has 0 spiro atoms. The standard InChI is InChI=1S/C23H23BrClN5/c1-14(2)16(7-9-30-10-8-18-22(26)27-13-28-23(18)30)5-3-15-4-6-17-12-19(24)21(25)29-20(17)11-15/h4,6,8,10-13,16H,1,3,5,7,9H2,2H3,(H2,26,27,28). The molecule has 154 valence electrons. The van der Waals surface area contributed by atoms with E-state index in [-0.39, 0.29) is 0 Å². The summed E-state index contributed by atoms with van der Waals surface area (Å²) in [5, 5.41) is 2.47. The second-order valence-corrected chi connectivity index (χ2v) is 8.88. The van der Waals surface area contributed by atoms with Gasteiger partial charge in [0.05, 0.1) is 15.4 Å². The number of nitrogen functional groups attached to an aromatic ring is 1. The zero-order valence-corrected chi connectivity index (χ0v) is 19.1. The topological polar surface area (TPSA) is 69.6 Å². The van der Waals surface area contributed by atoms with Crippen molar-refractivity contribution in [2.75, 3.05) is 5.73 Å². The van der Waals surface area contributed by atoms with Crippen LogP contribution < -0.4 is 5.73 Å². The highest BCUT2D eigenvalue weighted by atomic mass is 79.9. The molecular weight excluding hydrogens is 462 g/mol. The first-order valence-electron chi connectivity index (χ1n) is 9.88. The molecule has 0 aliphatic rings. The Balaban J connectivity index is 1.45. The first kappa shape index (κ1) is 20.8. The van der Waals surface area contributed by atoms with Gasteiger partial charge in [-0.3, -0.25) is 0 Å². The van der Waals surface area contributed by atoms with E-state index in [0.29, 0.717) is 16.9 Å². The number of fused-ring (bicyclic) bond motifs is 2. The summed E-state index contributed by atoms with van der Waals surface area (Å²) in [7, 11) is 0. The predicted octanol–water partition coefficient (Wildman–Crippen LogP) is 6.19. The molecule has 3 heterocycles. The number of nitrogens with zero attached hydrogens (tertiary/aromatic N) is 4. The zero-order chi connectivity index (χ0) is 21.3. The molecule has 1 atom stereocenters. The number of rotatable bonds is 7. The lowest BCUT2D eigenvalue weighted by molar-refractivity contribution is 0.477. The highest BCUT2D eigenvalue weighted by molar-refractivity contribution is 9.10. The summed E-state index contributed by atoms with van der Waals surface area (Å²) in [4.78, 5) is 12.9. The number of benzene rings is 1. The van der Waals surface area contributed by atoms with E-state index in [1.807, 2.05) is 18.3 Å². The van der Waals surface area contributed by atoms with Crippen LogP contribution in [0.2, 0.25) is 5.15 Å². The zero-order valence-electron chi connectivity index (χ0n) is 16.8. The molecule has 0 bridgehead atoms. The van der Waals surface area contributed by atoms with E-state index in [1.54, 1.807) is 0 Å². The summed E-state index contributed by atoms with van der Waals surface area (Å²) in [5.74, 6) is 0.936. The van der Waals surface area contributed by atoms with Crippen LogP contribution in [0.4, 0.5) is 5.82 Å². The van der Waals surface area contributed by atoms with Crippen molar-refractivity contribution in [2.24, 2.45) is 5.92 Å². The molecule has 0 aliphatic heterocycles. The van der Waals surface area contributed by atoms with Crippen LogP contribution >= 0.6 is 27.5 Å². The summed E-state index contributed by atoms with van der Waals surface area (Å²) in [6.45, 7) is 7.20. The molecule has 0 aliphatic carbocycles. The number of hydrogen-bond donors (Lipinski definition) is 1. The summed E-state index contributed by atoms with van der Waals surface area (Å²) in [6.07, 6.45) is 6.53. The van der Waals surface area contributed by atoms with Crippen LogP contribution in [0.25, 0.3) is 21.9 Å². The molecule has 4 aromatic rings. The van der Waals surface area contributed by atoms with Gasteiger partial charge in [-0.25, -0.2) is 15.0 Å². The van der Waals surface area contributed by atoms with Gasteiger partial charge in [0.1, 0.15) is 22.9 Å². The average Bonchev–Trinajstić information content (AvgIpc) is 3.13. The monoisotopic (exact) mass is 483 g/mol. The molecular formula is C23H23BrClN5. The molecule has 4 rings (SSSR count). The Labute approximate surface area is 189 Å². The lowest BCUT2D eigenvalue weighted by Gasteiger charge is -2.18. The fourth-order valence-corrected chi connectivity index (χ4v) is 4.28. The van der Waals surface area contributed by atoms with Gasteiger partial charge >= 0.3 is 0 Å². The number of nitrogens with two attached hydrogens (primary N) is 1. The maximum atomic E-state index is 6.16. The SMILES string of the molecule is C=C(C)C(CCc1ccc2cc(Br)c(Cl)nc2c1)CCn1ccc2c(N)ncnc21. The highest BCUT2D eigenvalue weighted by Gasteiger charge is 2.13. The van der Waals surface area contributed by atoms with Gasteiger partial charge in [0, 0.05) is 18.1 Å². The maximum absolute atomic E-state index is 6.16. The van der Waals surface area contributed by atoms with Gasteiger partial charge in [-0.2, -0.15) is 0 Å². The molecule has 0 fully saturated rings. The Hall–Kier alpha value is -2.44. The van der Waals surface area contributed by atoms with Crippen molar-refractivity contribution < 1.29 is 0 Å². The van der Waals surface area contributed by atoms with Gasteiger partial charge in [0.2, 0.25) is 0 Å². The van der Waals surface area contributed by atoms with E-state index in [0.717, 1.165) is 52.2 Å². The second-order valence-electron chi connectivity index (χ2n) is 7.66. The number of halogens is 2. The Morgan fingerprint density at radius 3 is 2.87 bits per heavy atom. The summed E-state index contributed by atoms with van der Waals surface area (Å²) in [6, 6.07) is 10.4. The molecule has 1 unspecified atom stereocenters. The van der Waals surface area contributed by atoms with E-state index in [9.17, 15) is 0 Å². The van der Waals surface area contributed by atoms with Gasteiger partial charge in [0.25, 0.3) is 0 Å². The van der Waals surface area contributed by atoms with Crippen molar-refractivity contribution in [1.82, 2.24) is 19.5 Å². The van der Waals surface area contributed by atoms with Crippen molar-refractivity contribution in [3.63, 3.8) is 0 Å². The van der Waals surface area contributed by atoms with Crippen molar-refractivity contribution >= 4 is 55.3 Å². The lowest BCUT2D eigenvalue weighted by atomic mass is 9.91. The van der Waals surface area contributed by atoms with E-state index in [1.165, 1.54) is 17.5 Å². The van der Waals surface area contributed by atoms with Gasteiger partial charge < -0.3 is 10.3 Å². The van der Waals surface area contributed by atoms with Crippen molar-refractivity contribution in [3.05, 3.63) is 70.2 Å². The van der Waals surface area contributed by atoms with Crippen LogP contribution in [0.1, 0.15) is 25.3 Å². The molecule has 3 aromatic heterocycles. The molecule has 2 N–H and O–H groups in total. The van der Waals surface area contributed by atoms with Crippen molar-refractivity contribution in [1.29, 1.82) is 0 Å². The molecule has 0 saturated heterocycles. The van der Waals surface area contributed by atoms with Crippen LogP contribution in [-0.4, -0.2) is 19.5 Å². The smallest absolute Gasteiger partial charge is 0.145 e. The van der Waals surface area contributed by atoms with E-state index >= 15 is 0 Å². The Kier molecular flexibility index (Phi) is 6.06. The van der Waals surface area contributed by atoms with Crippen LogP contribution in [0.5, 0.6) is 0 Å². The first-order valence-corrected chi connectivity index (χ1v) is 11.0. The number of pyridine rings is 1. The first-order chi connectivity index (χ1) is 14.4. The number of aryl methyl sites for hydroxylation is 2. The number of anilines is 1. The molecule has 1 aromatic carbocycles. The third-order valence-electron chi connectivity index (χ3n) is 5.58. The minimum Gasteiger partial charge on any atom is -0.383 e. The Morgan fingerprint density at radius 1 is 1.23 bits per heavy atom. The third kappa shape index (κ3) is 4.35. The van der Waals surface area contributed by atoms with Gasteiger partial charge in [0.15, 0.2) is 0 Å². The van der Waals surface area contributed by atoms with Crippen LogP contribution in [-0.2, 0) is 13.0 Å². The minimum absolute atomic E-state index is 0.416. The molecule has 0 radical (unpaired) electrons. The predicted molar refractivity (Wildman–Crippen MR) is 128 cm³/mol. The number of allylic oxidation sites excluding steroid dienone is 1. The second kappa shape index (κ2) is 8.74. The Morgan fingerprint density at radius 2 is 2.07 bits per heavy atom. The number of aromatic nitrogens is 4. The maximum Gasteiger partial charge on any atom is 0.145 e. The molecule has 7 heteroatoms. The molecule has 0 amide bonds. The molecule has 5 nitrogen and oxygen atoms in total. The normalized spacial score (nSPS) is 12.5. The fourth-order valence-electron chi connectivity index (χ4n) is 3.80. The fraction of sp³-hybridized carbons (Fsp3) is 0.261. The van der Waals surface area contributed by atoms with Crippen LogP contribution in [0.3, 0.4) is 0 Å². The molecule has 30 heavy (non-hydrogen) atoms.